The van der Waals surface area contributed by atoms with Crippen LogP contribution in [0.3, 0.4) is 0 Å². The van der Waals surface area contributed by atoms with Gasteiger partial charge in [-0.1, -0.05) is 29.3 Å². The Bertz CT molecular complexity index is 842. The van der Waals surface area contributed by atoms with Crippen LogP contribution in [0.4, 0.5) is 5.69 Å². The lowest BCUT2D eigenvalue weighted by Gasteiger charge is -2.08. The Kier molecular flexibility index (Phi) is 3.57. The van der Waals surface area contributed by atoms with E-state index >= 15 is 0 Å². The van der Waals surface area contributed by atoms with Crippen molar-refractivity contribution in [3.05, 3.63) is 64.0 Å². The van der Waals surface area contributed by atoms with E-state index in [4.69, 9.17) is 23.2 Å². The number of nitrogens with zero attached hydrogens (tertiary/aromatic N) is 2. The van der Waals surface area contributed by atoms with Crippen molar-refractivity contribution in [1.82, 2.24) is 9.38 Å². The van der Waals surface area contributed by atoms with Gasteiger partial charge in [0.2, 0.25) is 0 Å². The molecule has 3 rings (SSSR count). The quantitative estimate of drug-likeness (QED) is 0.769. The number of fused-ring (bicyclic) bond motifs is 1. The first kappa shape index (κ1) is 13.9. The number of hydrogen-bond acceptors (Lipinski definition) is 2. The van der Waals surface area contributed by atoms with Gasteiger partial charge >= 0.3 is 0 Å². The molecule has 0 unspecified atom stereocenters. The van der Waals surface area contributed by atoms with Gasteiger partial charge in [-0.15, -0.1) is 0 Å². The molecule has 4 nitrogen and oxygen atoms in total. The second-order valence-electron chi connectivity index (χ2n) is 4.62. The maximum Gasteiger partial charge on any atom is 0.257 e. The minimum Gasteiger partial charge on any atom is -0.321 e. The number of imidazole rings is 1. The molecular formula is C15H11Cl2N3O. The third kappa shape index (κ3) is 2.73. The summed E-state index contributed by atoms with van der Waals surface area (Å²) < 4.78 is 1.81. The van der Waals surface area contributed by atoms with Crippen molar-refractivity contribution in [2.45, 2.75) is 6.92 Å². The van der Waals surface area contributed by atoms with Crippen LogP contribution in [0, 0.1) is 6.92 Å². The highest BCUT2D eigenvalue weighted by molar-refractivity contribution is 6.44. The summed E-state index contributed by atoms with van der Waals surface area (Å²) in [5.41, 5.74) is 2.68. The third-order valence-electron chi connectivity index (χ3n) is 3.03. The van der Waals surface area contributed by atoms with Crippen LogP contribution in [0.15, 0.2) is 42.7 Å². The molecule has 0 aliphatic carbocycles. The van der Waals surface area contributed by atoms with Crippen molar-refractivity contribution in [2.75, 3.05) is 5.32 Å². The molecule has 1 aromatic carbocycles. The Labute approximate surface area is 131 Å². The van der Waals surface area contributed by atoms with Gasteiger partial charge in [0.1, 0.15) is 5.65 Å². The average molecular weight is 320 g/mol. The molecule has 0 radical (unpaired) electrons. The molecule has 0 fully saturated rings. The Morgan fingerprint density at radius 1 is 1.19 bits per heavy atom. The molecule has 2 heterocycles. The zero-order chi connectivity index (χ0) is 15.0. The van der Waals surface area contributed by atoms with Crippen molar-refractivity contribution < 1.29 is 4.79 Å². The normalized spacial score (nSPS) is 10.8. The summed E-state index contributed by atoms with van der Waals surface area (Å²) in [6.45, 7) is 1.90. The van der Waals surface area contributed by atoms with E-state index in [0.29, 0.717) is 21.3 Å². The lowest BCUT2D eigenvalue weighted by Crippen LogP contribution is -2.12. The third-order valence-corrected chi connectivity index (χ3v) is 3.85. The summed E-state index contributed by atoms with van der Waals surface area (Å²) in [5.74, 6) is -0.257. The Hall–Kier alpha value is -2.04. The number of amides is 1. The fourth-order valence-corrected chi connectivity index (χ4v) is 2.40. The van der Waals surface area contributed by atoms with E-state index in [1.54, 1.807) is 36.5 Å². The lowest BCUT2D eigenvalue weighted by atomic mass is 10.2. The number of carbonyl (C=O) groups excluding carboxylic acids is 1. The summed E-state index contributed by atoms with van der Waals surface area (Å²) in [4.78, 5) is 16.6. The summed E-state index contributed by atoms with van der Waals surface area (Å²) in [6.07, 6.45) is 3.58. The maximum atomic E-state index is 12.3. The molecular weight excluding hydrogens is 309 g/mol. The molecule has 0 spiro atoms. The highest BCUT2D eigenvalue weighted by Crippen LogP contribution is 2.29. The van der Waals surface area contributed by atoms with E-state index in [-0.39, 0.29) is 5.91 Å². The van der Waals surface area contributed by atoms with Gasteiger partial charge < -0.3 is 9.72 Å². The van der Waals surface area contributed by atoms with Crippen LogP contribution in [0.2, 0.25) is 10.0 Å². The molecule has 0 aliphatic rings. The predicted molar refractivity (Wildman–Crippen MR) is 84.3 cm³/mol. The molecule has 0 atom stereocenters. The minimum absolute atomic E-state index is 0.257. The van der Waals surface area contributed by atoms with Gasteiger partial charge in [-0.05, 0) is 31.2 Å². The van der Waals surface area contributed by atoms with Gasteiger partial charge in [0.25, 0.3) is 5.91 Å². The Morgan fingerprint density at radius 3 is 2.81 bits per heavy atom. The van der Waals surface area contributed by atoms with E-state index in [9.17, 15) is 4.79 Å². The lowest BCUT2D eigenvalue weighted by molar-refractivity contribution is 0.102. The smallest absolute Gasteiger partial charge is 0.257 e. The molecule has 6 heteroatoms. The van der Waals surface area contributed by atoms with E-state index in [2.05, 4.69) is 10.3 Å². The van der Waals surface area contributed by atoms with Crippen LogP contribution in [0.1, 0.15) is 16.1 Å². The monoisotopic (exact) mass is 319 g/mol. The number of rotatable bonds is 2. The SMILES string of the molecule is Cc1cn2cc(C(=O)Nc3cccc(Cl)c3Cl)ccc2n1. The fourth-order valence-electron chi connectivity index (χ4n) is 2.05. The van der Waals surface area contributed by atoms with Gasteiger partial charge in [-0.25, -0.2) is 4.98 Å². The topological polar surface area (TPSA) is 46.4 Å². The largest absolute Gasteiger partial charge is 0.321 e. The summed E-state index contributed by atoms with van der Waals surface area (Å²) >= 11 is 12.0. The standard InChI is InChI=1S/C15H11Cl2N3O/c1-9-7-20-8-10(5-6-13(20)18-9)15(21)19-12-4-2-3-11(16)14(12)17/h2-8H,1H3,(H,19,21). The number of pyridine rings is 1. The first-order chi connectivity index (χ1) is 10.0. The summed E-state index contributed by atoms with van der Waals surface area (Å²) in [7, 11) is 0. The van der Waals surface area contributed by atoms with Crippen molar-refractivity contribution in [1.29, 1.82) is 0 Å². The Balaban J connectivity index is 1.91. The van der Waals surface area contributed by atoms with Crippen LogP contribution in [-0.2, 0) is 0 Å². The summed E-state index contributed by atoms with van der Waals surface area (Å²) in [6, 6.07) is 8.61. The highest BCUT2D eigenvalue weighted by Gasteiger charge is 2.11. The first-order valence-electron chi connectivity index (χ1n) is 6.25. The predicted octanol–water partition coefficient (Wildman–Crippen LogP) is 4.20. The first-order valence-corrected chi connectivity index (χ1v) is 7.01. The number of anilines is 1. The van der Waals surface area contributed by atoms with Crippen LogP contribution >= 0.6 is 23.2 Å². The van der Waals surface area contributed by atoms with Crippen LogP contribution in [0.5, 0.6) is 0 Å². The van der Waals surface area contributed by atoms with E-state index in [1.165, 1.54) is 0 Å². The molecule has 1 amide bonds. The average Bonchev–Trinajstić information content (AvgIpc) is 2.82. The number of hydrogen-bond donors (Lipinski definition) is 1. The van der Waals surface area contributed by atoms with Crippen LogP contribution in [0.25, 0.3) is 5.65 Å². The maximum absolute atomic E-state index is 12.3. The summed E-state index contributed by atoms with van der Waals surface area (Å²) in [5, 5.41) is 3.47. The minimum atomic E-state index is -0.257. The van der Waals surface area contributed by atoms with Crippen LogP contribution < -0.4 is 5.32 Å². The zero-order valence-corrected chi connectivity index (χ0v) is 12.6. The number of aryl methyl sites for hydroxylation is 1. The van der Waals surface area contributed by atoms with E-state index in [1.807, 2.05) is 17.5 Å². The highest BCUT2D eigenvalue weighted by atomic mass is 35.5. The molecule has 1 N–H and O–H groups in total. The van der Waals surface area contributed by atoms with Gasteiger partial charge in [-0.2, -0.15) is 0 Å². The fraction of sp³-hybridized carbons (Fsp3) is 0.0667. The number of carbonyl (C=O) groups is 1. The molecule has 0 saturated heterocycles. The molecule has 2 aromatic heterocycles. The molecule has 0 saturated carbocycles. The van der Waals surface area contributed by atoms with Crippen molar-refractivity contribution in [3.8, 4) is 0 Å². The van der Waals surface area contributed by atoms with Crippen molar-refractivity contribution >= 4 is 40.4 Å². The molecule has 0 bridgehead atoms. The number of aromatic nitrogens is 2. The van der Waals surface area contributed by atoms with Gasteiger partial charge in [0, 0.05) is 12.4 Å². The van der Waals surface area contributed by atoms with Crippen molar-refractivity contribution in [2.24, 2.45) is 0 Å². The molecule has 3 aromatic rings. The van der Waals surface area contributed by atoms with E-state index in [0.717, 1.165) is 11.3 Å². The number of benzene rings is 1. The zero-order valence-electron chi connectivity index (χ0n) is 11.1. The van der Waals surface area contributed by atoms with E-state index < -0.39 is 0 Å². The van der Waals surface area contributed by atoms with Gasteiger partial charge in [0.05, 0.1) is 27.0 Å². The Morgan fingerprint density at radius 2 is 2.00 bits per heavy atom. The molecule has 106 valence electrons. The van der Waals surface area contributed by atoms with Crippen LogP contribution in [-0.4, -0.2) is 15.3 Å². The second-order valence-corrected chi connectivity index (χ2v) is 5.41. The molecule has 0 aliphatic heterocycles. The molecule has 21 heavy (non-hydrogen) atoms. The second kappa shape index (κ2) is 5.39. The van der Waals surface area contributed by atoms with Gasteiger partial charge in [0.15, 0.2) is 0 Å². The number of halogens is 2. The number of nitrogens with one attached hydrogen (secondary N) is 1. The van der Waals surface area contributed by atoms with Crippen molar-refractivity contribution in [3.63, 3.8) is 0 Å². The van der Waals surface area contributed by atoms with Gasteiger partial charge in [-0.3, -0.25) is 4.79 Å².